The van der Waals surface area contributed by atoms with Gasteiger partial charge in [0.15, 0.2) is 0 Å². The van der Waals surface area contributed by atoms with Crippen LogP contribution in [0.2, 0.25) is 5.02 Å². The van der Waals surface area contributed by atoms with E-state index in [1.165, 1.54) is 38.4 Å². The Morgan fingerprint density at radius 3 is 2.39 bits per heavy atom. The number of likely N-dealkylation sites (tertiary alicyclic amines) is 1. The molecule has 2 aliphatic heterocycles. The van der Waals surface area contributed by atoms with Gasteiger partial charge in [-0.1, -0.05) is 18.0 Å². The Balaban J connectivity index is 1.68. The van der Waals surface area contributed by atoms with Gasteiger partial charge >= 0.3 is 0 Å². The molecule has 0 atom stereocenters. The number of anilines is 1. The number of rotatable bonds is 3. The van der Waals surface area contributed by atoms with Crippen LogP contribution in [0.1, 0.15) is 37.7 Å². The highest BCUT2D eigenvalue weighted by molar-refractivity contribution is 6.33. The summed E-state index contributed by atoms with van der Waals surface area (Å²) in [6, 6.07) is 4.07. The van der Waals surface area contributed by atoms with E-state index in [0.717, 1.165) is 37.2 Å². The van der Waals surface area contributed by atoms with Crippen LogP contribution >= 0.6 is 11.6 Å². The molecule has 3 rings (SSSR count). The van der Waals surface area contributed by atoms with Crippen LogP contribution in [0.5, 0.6) is 0 Å². The second-order valence-corrected chi connectivity index (χ2v) is 6.99. The van der Waals surface area contributed by atoms with Crippen LogP contribution in [-0.2, 0) is 0 Å². The van der Waals surface area contributed by atoms with Crippen molar-refractivity contribution in [3.05, 3.63) is 32.8 Å². The van der Waals surface area contributed by atoms with Gasteiger partial charge in [-0.3, -0.25) is 10.1 Å². The van der Waals surface area contributed by atoms with E-state index in [4.69, 9.17) is 11.6 Å². The number of halogens is 1. The number of nitrogens with zero attached hydrogens (tertiary/aromatic N) is 3. The van der Waals surface area contributed by atoms with Gasteiger partial charge < -0.3 is 9.80 Å². The third kappa shape index (κ3) is 3.45. The maximum absolute atomic E-state index is 11.0. The molecule has 0 bridgehead atoms. The molecule has 0 amide bonds. The number of piperidine rings is 2. The van der Waals surface area contributed by atoms with Crippen LogP contribution < -0.4 is 4.90 Å². The van der Waals surface area contributed by atoms with Crippen LogP contribution in [0, 0.1) is 17.0 Å². The molecule has 2 fully saturated rings. The van der Waals surface area contributed by atoms with E-state index in [2.05, 4.69) is 9.80 Å². The normalized spacial score (nSPS) is 20.7. The molecule has 5 nitrogen and oxygen atoms in total. The van der Waals surface area contributed by atoms with Gasteiger partial charge in [-0.25, -0.2) is 0 Å². The Morgan fingerprint density at radius 1 is 1.13 bits per heavy atom. The van der Waals surface area contributed by atoms with Crippen molar-refractivity contribution in [1.29, 1.82) is 0 Å². The molecule has 0 spiro atoms. The minimum absolute atomic E-state index is 0.00359. The van der Waals surface area contributed by atoms with Crippen LogP contribution in [0.4, 0.5) is 11.4 Å². The van der Waals surface area contributed by atoms with Gasteiger partial charge in [0, 0.05) is 30.9 Å². The number of benzene rings is 1. The Morgan fingerprint density at radius 2 is 1.78 bits per heavy atom. The molecule has 0 saturated carbocycles. The molecule has 0 aromatic heterocycles. The lowest BCUT2D eigenvalue weighted by Gasteiger charge is -2.41. The zero-order valence-corrected chi connectivity index (χ0v) is 14.4. The molecule has 23 heavy (non-hydrogen) atoms. The highest BCUT2D eigenvalue weighted by Crippen LogP contribution is 2.35. The van der Waals surface area contributed by atoms with Gasteiger partial charge in [-0.2, -0.15) is 0 Å². The molecule has 0 radical (unpaired) electrons. The molecule has 6 heteroatoms. The van der Waals surface area contributed by atoms with E-state index < -0.39 is 4.92 Å². The van der Waals surface area contributed by atoms with Crippen LogP contribution in [0.3, 0.4) is 0 Å². The van der Waals surface area contributed by atoms with E-state index in [1.54, 1.807) is 0 Å². The molecule has 1 aromatic carbocycles. The van der Waals surface area contributed by atoms with Crippen LogP contribution in [0.15, 0.2) is 12.1 Å². The summed E-state index contributed by atoms with van der Waals surface area (Å²) >= 11 is 6.19. The minimum Gasteiger partial charge on any atom is -0.371 e. The van der Waals surface area contributed by atoms with Crippen LogP contribution in [0.25, 0.3) is 0 Å². The fourth-order valence-electron chi connectivity index (χ4n) is 3.90. The topological polar surface area (TPSA) is 49.6 Å². The Kier molecular flexibility index (Phi) is 5.07. The van der Waals surface area contributed by atoms with Crippen molar-refractivity contribution in [2.45, 2.75) is 45.1 Å². The smallest absolute Gasteiger partial charge is 0.288 e. The molecular formula is C17H24ClN3O2. The molecule has 0 aliphatic carbocycles. The lowest BCUT2D eigenvalue weighted by molar-refractivity contribution is -0.384. The fraction of sp³-hybridized carbons (Fsp3) is 0.647. The predicted molar refractivity (Wildman–Crippen MR) is 93.5 cm³/mol. The van der Waals surface area contributed by atoms with E-state index in [1.807, 2.05) is 13.0 Å². The van der Waals surface area contributed by atoms with Gasteiger partial charge in [0.25, 0.3) is 5.69 Å². The number of hydrogen-bond acceptors (Lipinski definition) is 4. The summed E-state index contributed by atoms with van der Waals surface area (Å²) < 4.78 is 0. The van der Waals surface area contributed by atoms with E-state index in [0.29, 0.717) is 6.04 Å². The average Bonchev–Trinajstić information content (AvgIpc) is 2.58. The SMILES string of the molecule is Cc1c(N2CCC(N3CCCCC3)CC2)ccc([N+](=O)[O-])c1Cl. The molecular weight excluding hydrogens is 314 g/mol. The second kappa shape index (κ2) is 7.05. The Labute approximate surface area is 142 Å². The standard InChI is InChI=1S/C17H24ClN3O2/c1-13-15(5-6-16(17(13)18)21(22)23)20-11-7-14(8-12-20)19-9-3-2-4-10-19/h5-6,14H,2-4,7-12H2,1H3. The van der Waals surface area contributed by atoms with Crippen molar-refractivity contribution in [3.8, 4) is 0 Å². The van der Waals surface area contributed by atoms with E-state index in [-0.39, 0.29) is 10.7 Å². The maximum Gasteiger partial charge on any atom is 0.288 e. The second-order valence-electron chi connectivity index (χ2n) is 6.61. The monoisotopic (exact) mass is 337 g/mol. The first-order chi connectivity index (χ1) is 11.1. The number of hydrogen-bond donors (Lipinski definition) is 0. The van der Waals surface area contributed by atoms with E-state index in [9.17, 15) is 10.1 Å². The number of nitro groups is 1. The summed E-state index contributed by atoms with van der Waals surface area (Å²) in [5.74, 6) is 0. The molecule has 2 heterocycles. The minimum atomic E-state index is -0.415. The molecule has 0 N–H and O–H groups in total. The quantitative estimate of drug-likeness (QED) is 0.617. The van der Waals surface area contributed by atoms with Gasteiger partial charge in [0.05, 0.1) is 4.92 Å². The largest absolute Gasteiger partial charge is 0.371 e. The van der Waals surface area contributed by atoms with Crippen LogP contribution in [-0.4, -0.2) is 42.0 Å². The Bertz CT molecular complexity index is 579. The summed E-state index contributed by atoms with van der Waals surface area (Å²) in [6.45, 7) is 6.35. The molecule has 126 valence electrons. The van der Waals surface area contributed by atoms with Crippen molar-refractivity contribution >= 4 is 23.0 Å². The highest BCUT2D eigenvalue weighted by atomic mass is 35.5. The molecule has 0 unspecified atom stereocenters. The Hall–Kier alpha value is -1.33. The van der Waals surface area contributed by atoms with Crippen molar-refractivity contribution < 1.29 is 4.92 Å². The summed E-state index contributed by atoms with van der Waals surface area (Å²) in [5, 5.41) is 11.3. The van der Waals surface area contributed by atoms with E-state index >= 15 is 0 Å². The van der Waals surface area contributed by atoms with Crippen molar-refractivity contribution in [1.82, 2.24) is 4.90 Å². The fourth-order valence-corrected chi connectivity index (χ4v) is 4.13. The first-order valence-electron chi connectivity index (χ1n) is 8.50. The van der Waals surface area contributed by atoms with Crippen molar-refractivity contribution in [3.63, 3.8) is 0 Å². The molecule has 1 aromatic rings. The predicted octanol–water partition coefficient (Wildman–Crippen LogP) is 4.01. The maximum atomic E-state index is 11.0. The summed E-state index contributed by atoms with van der Waals surface area (Å²) in [7, 11) is 0. The average molecular weight is 338 g/mol. The number of nitro benzene ring substituents is 1. The lowest BCUT2D eigenvalue weighted by atomic mass is 9.99. The third-order valence-corrected chi connectivity index (χ3v) is 5.72. The zero-order chi connectivity index (χ0) is 16.4. The van der Waals surface area contributed by atoms with Crippen molar-refractivity contribution in [2.75, 3.05) is 31.1 Å². The van der Waals surface area contributed by atoms with Crippen molar-refractivity contribution in [2.24, 2.45) is 0 Å². The van der Waals surface area contributed by atoms with Gasteiger partial charge in [-0.15, -0.1) is 0 Å². The first kappa shape index (κ1) is 16.5. The summed E-state index contributed by atoms with van der Waals surface area (Å²) in [5.41, 5.74) is 1.85. The van der Waals surface area contributed by atoms with Gasteiger partial charge in [-0.05, 0) is 57.3 Å². The summed E-state index contributed by atoms with van der Waals surface area (Å²) in [4.78, 5) is 15.5. The highest BCUT2D eigenvalue weighted by Gasteiger charge is 2.27. The zero-order valence-electron chi connectivity index (χ0n) is 13.6. The lowest BCUT2D eigenvalue weighted by Crippen LogP contribution is -2.46. The first-order valence-corrected chi connectivity index (χ1v) is 8.88. The van der Waals surface area contributed by atoms with Gasteiger partial charge in [0.1, 0.15) is 5.02 Å². The van der Waals surface area contributed by atoms with Gasteiger partial charge in [0.2, 0.25) is 0 Å². The molecule has 2 aliphatic rings. The summed E-state index contributed by atoms with van der Waals surface area (Å²) in [6.07, 6.45) is 6.35. The third-order valence-electron chi connectivity index (χ3n) is 5.25. The molecule has 2 saturated heterocycles.